The Morgan fingerprint density at radius 3 is 2.44 bits per heavy atom. The van der Waals surface area contributed by atoms with E-state index in [0.29, 0.717) is 19.5 Å². The average Bonchev–Trinajstić information content (AvgIpc) is 3.03. The van der Waals surface area contributed by atoms with Crippen LogP contribution in [-0.2, 0) is 4.79 Å². The number of rotatable bonds is 5. The van der Waals surface area contributed by atoms with Gasteiger partial charge in [-0.3, -0.25) is 9.69 Å². The Morgan fingerprint density at radius 2 is 1.85 bits per heavy atom. The van der Waals surface area contributed by atoms with E-state index in [2.05, 4.69) is 5.32 Å². The minimum atomic E-state index is -0.210. The third kappa shape index (κ3) is 4.22. The van der Waals surface area contributed by atoms with Crippen molar-refractivity contribution < 1.29 is 14.3 Å². The molecule has 0 radical (unpaired) electrons. The van der Waals surface area contributed by atoms with Crippen LogP contribution in [0.1, 0.15) is 18.9 Å². The fraction of sp³-hybridized carbons (Fsp3) is 0.333. The van der Waals surface area contributed by atoms with E-state index in [1.54, 1.807) is 16.9 Å². The van der Waals surface area contributed by atoms with Gasteiger partial charge in [0, 0.05) is 30.9 Å². The maximum atomic E-state index is 12.7. The Labute approximate surface area is 159 Å². The summed E-state index contributed by atoms with van der Waals surface area (Å²) in [4.78, 5) is 28.5. The highest BCUT2D eigenvalue weighted by Crippen LogP contribution is 2.23. The van der Waals surface area contributed by atoms with Crippen LogP contribution in [0.3, 0.4) is 0 Å². The van der Waals surface area contributed by atoms with Gasteiger partial charge >= 0.3 is 6.03 Å². The number of urea groups is 1. The predicted molar refractivity (Wildman–Crippen MR) is 106 cm³/mol. The van der Waals surface area contributed by atoms with E-state index in [9.17, 15) is 9.59 Å². The van der Waals surface area contributed by atoms with Crippen molar-refractivity contribution in [2.75, 3.05) is 30.0 Å². The lowest BCUT2D eigenvalue weighted by molar-refractivity contribution is -0.117. The van der Waals surface area contributed by atoms with Gasteiger partial charge in [0.1, 0.15) is 5.75 Å². The van der Waals surface area contributed by atoms with Crippen LogP contribution in [0.25, 0.3) is 0 Å². The van der Waals surface area contributed by atoms with Gasteiger partial charge in [0.05, 0.1) is 13.2 Å². The second kappa shape index (κ2) is 8.12. The number of nitrogens with one attached hydrogen (secondary N) is 1. The van der Waals surface area contributed by atoms with Gasteiger partial charge in [0.25, 0.3) is 0 Å². The monoisotopic (exact) mass is 367 g/mol. The zero-order chi connectivity index (χ0) is 19.4. The molecule has 0 bridgehead atoms. The van der Waals surface area contributed by atoms with Gasteiger partial charge in [-0.05, 0) is 50.2 Å². The number of hydrogen-bond donors (Lipinski definition) is 1. The highest BCUT2D eigenvalue weighted by Gasteiger charge is 2.32. The van der Waals surface area contributed by atoms with Crippen LogP contribution in [0.15, 0.2) is 48.5 Å². The lowest BCUT2D eigenvalue weighted by Crippen LogP contribution is -2.46. The molecule has 1 aliphatic heterocycles. The summed E-state index contributed by atoms with van der Waals surface area (Å²) in [6, 6.07) is 14.8. The predicted octanol–water partition coefficient (Wildman–Crippen LogP) is 3.35. The van der Waals surface area contributed by atoms with Gasteiger partial charge in [-0.1, -0.05) is 17.7 Å². The van der Waals surface area contributed by atoms with Crippen LogP contribution < -0.4 is 19.9 Å². The van der Waals surface area contributed by atoms with Crippen LogP contribution in [0, 0.1) is 6.92 Å². The molecule has 3 rings (SSSR count). The second-order valence-corrected chi connectivity index (χ2v) is 6.63. The van der Waals surface area contributed by atoms with Gasteiger partial charge in [0.15, 0.2) is 0 Å². The second-order valence-electron chi connectivity index (χ2n) is 6.63. The lowest BCUT2D eigenvalue weighted by Gasteiger charge is -2.24. The van der Waals surface area contributed by atoms with E-state index in [1.165, 1.54) is 0 Å². The normalized spacial score (nSPS) is 16.3. The zero-order valence-corrected chi connectivity index (χ0v) is 15.9. The first kappa shape index (κ1) is 18.8. The first-order valence-corrected chi connectivity index (χ1v) is 9.11. The summed E-state index contributed by atoms with van der Waals surface area (Å²) in [5.74, 6) is 0.766. The van der Waals surface area contributed by atoms with E-state index in [0.717, 1.165) is 22.7 Å². The van der Waals surface area contributed by atoms with Crippen LogP contribution in [0.5, 0.6) is 5.75 Å². The number of methoxy groups -OCH3 is 1. The number of amides is 3. The summed E-state index contributed by atoms with van der Waals surface area (Å²) in [5, 5.41) is 2.99. The van der Waals surface area contributed by atoms with Gasteiger partial charge in [-0.15, -0.1) is 0 Å². The van der Waals surface area contributed by atoms with Gasteiger partial charge in [-0.25, -0.2) is 4.79 Å². The average molecular weight is 367 g/mol. The molecule has 6 heteroatoms. The highest BCUT2D eigenvalue weighted by molar-refractivity contribution is 5.98. The molecule has 0 aliphatic carbocycles. The highest BCUT2D eigenvalue weighted by atomic mass is 16.5. The van der Waals surface area contributed by atoms with Crippen molar-refractivity contribution in [2.24, 2.45) is 0 Å². The molecule has 6 nitrogen and oxygen atoms in total. The van der Waals surface area contributed by atoms with Crippen molar-refractivity contribution in [3.05, 3.63) is 54.1 Å². The topological polar surface area (TPSA) is 61.9 Å². The quantitative estimate of drug-likeness (QED) is 0.882. The molecule has 0 saturated carbocycles. The number of hydrogen-bond acceptors (Lipinski definition) is 3. The number of carbonyl (C=O) groups is 2. The van der Waals surface area contributed by atoms with E-state index in [4.69, 9.17) is 4.74 Å². The van der Waals surface area contributed by atoms with Crippen LogP contribution in [-0.4, -0.2) is 38.2 Å². The van der Waals surface area contributed by atoms with Crippen LogP contribution >= 0.6 is 0 Å². The number of carbonyl (C=O) groups excluding carboxylic acids is 2. The maximum Gasteiger partial charge on any atom is 0.322 e. The summed E-state index contributed by atoms with van der Waals surface area (Å²) >= 11 is 0. The molecule has 0 unspecified atom stereocenters. The summed E-state index contributed by atoms with van der Waals surface area (Å²) in [6.07, 6.45) is 0.305. The van der Waals surface area contributed by atoms with Crippen molar-refractivity contribution in [1.82, 2.24) is 5.32 Å². The third-order valence-electron chi connectivity index (χ3n) is 4.74. The number of nitrogens with zero attached hydrogens (tertiary/aromatic N) is 2. The summed E-state index contributed by atoms with van der Waals surface area (Å²) in [5.41, 5.74) is 2.80. The molecule has 1 N–H and O–H groups in total. The molecule has 27 heavy (non-hydrogen) atoms. The maximum absolute atomic E-state index is 12.7. The minimum Gasteiger partial charge on any atom is -0.497 e. The van der Waals surface area contributed by atoms with E-state index in [-0.39, 0.29) is 18.0 Å². The molecule has 1 atom stereocenters. The van der Waals surface area contributed by atoms with Gasteiger partial charge < -0.3 is 15.0 Å². The van der Waals surface area contributed by atoms with Crippen molar-refractivity contribution in [3.63, 3.8) is 0 Å². The van der Waals surface area contributed by atoms with Crippen LogP contribution in [0.2, 0.25) is 0 Å². The Balaban J connectivity index is 1.66. The Morgan fingerprint density at radius 1 is 1.19 bits per heavy atom. The third-order valence-corrected chi connectivity index (χ3v) is 4.74. The number of benzene rings is 2. The first-order valence-electron chi connectivity index (χ1n) is 9.11. The van der Waals surface area contributed by atoms with Crippen molar-refractivity contribution >= 4 is 23.3 Å². The van der Waals surface area contributed by atoms with Gasteiger partial charge in [-0.2, -0.15) is 0 Å². The molecule has 1 aliphatic rings. The van der Waals surface area contributed by atoms with E-state index >= 15 is 0 Å². The Kier molecular flexibility index (Phi) is 5.64. The minimum absolute atomic E-state index is 0.0247. The van der Waals surface area contributed by atoms with Crippen molar-refractivity contribution in [2.45, 2.75) is 26.3 Å². The molecule has 0 spiro atoms. The van der Waals surface area contributed by atoms with E-state index in [1.807, 2.05) is 62.4 Å². The zero-order valence-electron chi connectivity index (χ0n) is 15.9. The fourth-order valence-electron chi connectivity index (χ4n) is 3.24. The smallest absolute Gasteiger partial charge is 0.322 e. The Hall–Kier alpha value is -3.02. The number of anilines is 2. The number of aryl methyl sites for hydroxylation is 1. The van der Waals surface area contributed by atoms with Crippen molar-refractivity contribution in [1.29, 1.82) is 0 Å². The summed E-state index contributed by atoms with van der Waals surface area (Å²) < 4.78 is 5.16. The van der Waals surface area contributed by atoms with E-state index < -0.39 is 0 Å². The molecular weight excluding hydrogens is 342 g/mol. The molecule has 2 aromatic rings. The summed E-state index contributed by atoms with van der Waals surface area (Å²) in [6.45, 7) is 4.94. The SMILES string of the molecule is CCN(C(=O)N[C@@H]1CC(=O)N(c2ccc(C)cc2)C1)c1ccc(OC)cc1. The molecule has 1 heterocycles. The molecule has 142 valence electrons. The summed E-state index contributed by atoms with van der Waals surface area (Å²) in [7, 11) is 1.61. The molecule has 1 fully saturated rings. The number of ether oxygens (including phenoxy) is 1. The standard InChI is InChI=1S/C21H25N3O3/c1-4-23(17-9-11-19(27-3)12-10-17)21(26)22-16-13-20(25)24(14-16)18-7-5-15(2)6-8-18/h5-12,16H,4,13-14H2,1-3H3,(H,22,26)/t16-/m1/s1. The fourth-order valence-corrected chi connectivity index (χ4v) is 3.24. The molecule has 3 amide bonds. The largest absolute Gasteiger partial charge is 0.497 e. The first-order chi connectivity index (χ1) is 13.0. The molecule has 1 saturated heterocycles. The van der Waals surface area contributed by atoms with Crippen molar-refractivity contribution in [3.8, 4) is 5.75 Å². The molecule has 2 aromatic carbocycles. The Bertz CT molecular complexity index is 802. The van der Waals surface area contributed by atoms with Gasteiger partial charge in [0.2, 0.25) is 5.91 Å². The molecular formula is C21H25N3O3. The lowest BCUT2D eigenvalue weighted by atomic mass is 10.2. The molecule has 0 aromatic heterocycles. The van der Waals surface area contributed by atoms with Crippen LogP contribution in [0.4, 0.5) is 16.2 Å².